The number of carbonyl (C=O) groups excluding carboxylic acids is 2. The molecule has 90 valence electrons. The fourth-order valence-electron chi connectivity index (χ4n) is 0.990. The summed E-state index contributed by atoms with van der Waals surface area (Å²) >= 11 is 0. The number of aromatic nitrogens is 2. The highest BCUT2D eigenvalue weighted by molar-refractivity contribution is 6.42. The van der Waals surface area contributed by atoms with Gasteiger partial charge >= 0.3 is 5.97 Å². The standard InChI is InChI=1S/C9H10N4O4/c1-2-17-9(15)7(13-16)8-10-4-3-6(12-8)11-5-14/h3-5,16H,2H2,1H3,(H,10,11,12,14). The number of hydrogen-bond acceptors (Lipinski definition) is 7. The van der Waals surface area contributed by atoms with E-state index in [4.69, 9.17) is 5.21 Å². The summed E-state index contributed by atoms with van der Waals surface area (Å²) in [5.74, 6) is -0.813. The largest absolute Gasteiger partial charge is 0.461 e. The number of carbonyl (C=O) groups is 2. The van der Waals surface area contributed by atoms with Crippen molar-refractivity contribution in [2.45, 2.75) is 6.92 Å². The first-order valence-electron chi connectivity index (χ1n) is 4.65. The van der Waals surface area contributed by atoms with Crippen molar-refractivity contribution in [1.82, 2.24) is 9.97 Å². The van der Waals surface area contributed by atoms with Crippen LogP contribution in [-0.2, 0) is 14.3 Å². The Morgan fingerprint density at radius 3 is 3.06 bits per heavy atom. The number of amides is 1. The van der Waals surface area contributed by atoms with Crippen LogP contribution >= 0.6 is 0 Å². The minimum Gasteiger partial charge on any atom is -0.461 e. The molecule has 0 fully saturated rings. The van der Waals surface area contributed by atoms with E-state index in [9.17, 15) is 9.59 Å². The normalized spacial score (nSPS) is 10.8. The fourth-order valence-corrected chi connectivity index (χ4v) is 0.990. The van der Waals surface area contributed by atoms with Gasteiger partial charge in [0.05, 0.1) is 6.61 Å². The van der Waals surface area contributed by atoms with Gasteiger partial charge in [0, 0.05) is 6.20 Å². The maximum atomic E-state index is 11.4. The second-order valence-corrected chi connectivity index (χ2v) is 2.70. The molecule has 0 saturated heterocycles. The van der Waals surface area contributed by atoms with Crippen LogP contribution in [-0.4, -0.2) is 39.9 Å². The van der Waals surface area contributed by atoms with Gasteiger partial charge in [-0.1, -0.05) is 5.16 Å². The average Bonchev–Trinajstić information content (AvgIpc) is 2.31. The number of nitrogens with zero attached hydrogens (tertiary/aromatic N) is 3. The van der Waals surface area contributed by atoms with E-state index in [0.717, 1.165) is 0 Å². The molecule has 8 nitrogen and oxygen atoms in total. The van der Waals surface area contributed by atoms with E-state index >= 15 is 0 Å². The predicted octanol–water partition coefficient (Wildman–Crippen LogP) is -0.214. The van der Waals surface area contributed by atoms with Crippen LogP contribution < -0.4 is 5.32 Å². The van der Waals surface area contributed by atoms with Gasteiger partial charge in [-0.3, -0.25) is 4.79 Å². The third kappa shape index (κ3) is 3.23. The second-order valence-electron chi connectivity index (χ2n) is 2.70. The summed E-state index contributed by atoms with van der Waals surface area (Å²) in [6.45, 7) is 1.74. The topological polar surface area (TPSA) is 114 Å². The van der Waals surface area contributed by atoms with Crippen molar-refractivity contribution in [3.05, 3.63) is 18.1 Å². The lowest BCUT2D eigenvalue weighted by Gasteiger charge is -2.03. The molecule has 17 heavy (non-hydrogen) atoms. The summed E-state index contributed by atoms with van der Waals surface area (Å²) in [4.78, 5) is 29.1. The Morgan fingerprint density at radius 1 is 1.71 bits per heavy atom. The van der Waals surface area contributed by atoms with Crippen molar-refractivity contribution in [3.63, 3.8) is 0 Å². The molecule has 0 radical (unpaired) electrons. The lowest BCUT2D eigenvalue weighted by atomic mass is 10.3. The van der Waals surface area contributed by atoms with Crippen molar-refractivity contribution >= 4 is 23.9 Å². The van der Waals surface area contributed by atoms with Crippen molar-refractivity contribution in [1.29, 1.82) is 0 Å². The fraction of sp³-hybridized carbons (Fsp3) is 0.222. The van der Waals surface area contributed by atoms with Crippen LogP contribution in [0.5, 0.6) is 0 Å². The molecule has 1 rings (SSSR count). The van der Waals surface area contributed by atoms with Gasteiger partial charge in [0.2, 0.25) is 12.1 Å². The highest BCUT2D eigenvalue weighted by atomic mass is 16.5. The first-order valence-corrected chi connectivity index (χ1v) is 4.65. The summed E-state index contributed by atoms with van der Waals surface area (Å²) in [6.07, 6.45) is 1.73. The third-order valence-electron chi connectivity index (χ3n) is 1.64. The van der Waals surface area contributed by atoms with E-state index in [1.807, 2.05) is 0 Å². The van der Waals surface area contributed by atoms with Gasteiger partial charge in [-0.05, 0) is 13.0 Å². The molecule has 0 spiro atoms. The van der Waals surface area contributed by atoms with Crippen molar-refractivity contribution in [2.75, 3.05) is 11.9 Å². The van der Waals surface area contributed by atoms with E-state index in [0.29, 0.717) is 6.41 Å². The number of oxime groups is 1. The smallest absolute Gasteiger partial charge is 0.364 e. The molecule has 1 aromatic heterocycles. The number of esters is 1. The van der Waals surface area contributed by atoms with Crippen LogP contribution in [0.1, 0.15) is 12.7 Å². The Balaban J connectivity index is 3.00. The summed E-state index contributed by atoms with van der Waals surface area (Å²) in [5, 5.41) is 13.8. The molecular formula is C9H10N4O4. The Morgan fingerprint density at radius 2 is 2.47 bits per heavy atom. The molecule has 0 saturated carbocycles. The van der Waals surface area contributed by atoms with E-state index in [1.54, 1.807) is 6.92 Å². The van der Waals surface area contributed by atoms with Crippen LogP contribution in [0.25, 0.3) is 0 Å². The van der Waals surface area contributed by atoms with Crippen LogP contribution in [0.4, 0.5) is 5.82 Å². The van der Waals surface area contributed by atoms with Crippen LogP contribution in [0.2, 0.25) is 0 Å². The Labute approximate surface area is 96.3 Å². The Kier molecular flexibility index (Phi) is 4.55. The van der Waals surface area contributed by atoms with Gasteiger partial charge in [0.1, 0.15) is 5.82 Å². The molecule has 0 atom stereocenters. The van der Waals surface area contributed by atoms with E-state index < -0.39 is 11.7 Å². The Bertz CT molecular complexity index is 446. The lowest BCUT2D eigenvalue weighted by Crippen LogP contribution is -2.21. The SMILES string of the molecule is CCOC(=O)C(=NO)c1nccc(NC=O)n1. The van der Waals surface area contributed by atoms with Gasteiger partial charge in [-0.2, -0.15) is 0 Å². The molecule has 0 aliphatic rings. The highest BCUT2D eigenvalue weighted by Crippen LogP contribution is 2.03. The van der Waals surface area contributed by atoms with Crippen LogP contribution in [0.3, 0.4) is 0 Å². The Hall–Kier alpha value is -2.51. The van der Waals surface area contributed by atoms with E-state index in [2.05, 4.69) is 25.2 Å². The number of nitrogens with one attached hydrogen (secondary N) is 1. The van der Waals surface area contributed by atoms with Gasteiger partial charge in [0.25, 0.3) is 0 Å². The molecule has 8 heteroatoms. The first-order chi connectivity index (χ1) is 8.22. The van der Waals surface area contributed by atoms with E-state index in [1.165, 1.54) is 12.3 Å². The monoisotopic (exact) mass is 238 g/mol. The zero-order valence-electron chi connectivity index (χ0n) is 8.95. The summed E-state index contributed by atoms with van der Waals surface area (Å²) in [5.41, 5.74) is -0.429. The molecular weight excluding hydrogens is 228 g/mol. The van der Waals surface area contributed by atoms with Gasteiger partial charge < -0.3 is 15.3 Å². The number of anilines is 1. The molecule has 0 aromatic carbocycles. The molecule has 0 aliphatic heterocycles. The highest BCUT2D eigenvalue weighted by Gasteiger charge is 2.19. The lowest BCUT2D eigenvalue weighted by molar-refractivity contribution is -0.135. The summed E-state index contributed by atoms with van der Waals surface area (Å²) in [7, 11) is 0. The van der Waals surface area contributed by atoms with Gasteiger partial charge in [-0.25, -0.2) is 14.8 Å². The van der Waals surface area contributed by atoms with E-state index in [-0.39, 0.29) is 18.2 Å². The molecule has 0 unspecified atom stereocenters. The quantitative estimate of drug-likeness (QED) is 0.241. The molecule has 0 bridgehead atoms. The van der Waals surface area contributed by atoms with Crippen LogP contribution in [0, 0.1) is 0 Å². The van der Waals surface area contributed by atoms with Crippen LogP contribution in [0.15, 0.2) is 17.4 Å². The summed E-state index contributed by atoms with van der Waals surface area (Å²) < 4.78 is 4.65. The van der Waals surface area contributed by atoms with Gasteiger partial charge in [0.15, 0.2) is 5.82 Å². The van der Waals surface area contributed by atoms with Crippen molar-refractivity contribution in [2.24, 2.45) is 5.16 Å². The minimum absolute atomic E-state index is 0.129. The zero-order valence-corrected chi connectivity index (χ0v) is 8.95. The molecule has 1 heterocycles. The number of ether oxygens (including phenoxy) is 1. The number of rotatable bonds is 5. The van der Waals surface area contributed by atoms with Crippen molar-refractivity contribution < 1.29 is 19.5 Å². The summed E-state index contributed by atoms with van der Waals surface area (Å²) in [6, 6.07) is 1.41. The molecule has 0 aliphatic carbocycles. The van der Waals surface area contributed by atoms with Gasteiger partial charge in [-0.15, -0.1) is 0 Å². The molecule has 1 amide bonds. The number of hydrogen-bond donors (Lipinski definition) is 2. The second kappa shape index (κ2) is 6.16. The van der Waals surface area contributed by atoms with Crippen molar-refractivity contribution in [3.8, 4) is 0 Å². The third-order valence-corrected chi connectivity index (χ3v) is 1.64. The minimum atomic E-state index is -0.849. The zero-order chi connectivity index (χ0) is 12.7. The molecule has 2 N–H and O–H groups in total. The maximum absolute atomic E-state index is 11.4. The maximum Gasteiger partial charge on any atom is 0.364 e. The average molecular weight is 238 g/mol. The first kappa shape index (κ1) is 12.6. The molecule has 1 aromatic rings. The predicted molar refractivity (Wildman–Crippen MR) is 56.7 cm³/mol.